The van der Waals surface area contributed by atoms with Gasteiger partial charge in [0, 0.05) is 22.8 Å². The number of aromatic nitrogens is 1. The van der Waals surface area contributed by atoms with Crippen LogP contribution in [-0.2, 0) is 0 Å². The Balaban J connectivity index is 2.06. The van der Waals surface area contributed by atoms with E-state index in [2.05, 4.69) is 26.2 Å². The molecule has 1 aliphatic heterocycles. The van der Waals surface area contributed by atoms with Crippen molar-refractivity contribution in [1.82, 2.24) is 10.3 Å². The van der Waals surface area contributed by atoms with Gasteiger partial charge in [0.15, 0.2) is 0 Å². The molecule has 1 atom stereocenters. The maximum atomic E-state index is 10.8. The molecule has 2 heterocycles. The molecule has 6 nitrogen and oxygen atoms in total. The van der Waals surface area contributed by atoms with Crippen molar-refractivity contribution in [3.8, 4) is 5.88 Å². The fourth-order valence-electron chi connectivity index (χ4n) is 1.74. The molecule has 1 aliphatic rings. The van der Waals surface area contributed by atoms with E-state index in [1.165, 1.54) is 12.3 Å². The molecular weight excluding hydrogens is 290 g/mol. The fraction of sp³-hybridized carbons (Fsp3) is 0.500. The smallest absolute Gasteiger partial charge is 0.332 e. The Hall–Kier alpha value is -1.21. The molecule has 0 saturated carbocycles. The first-order chi connectivity index (χ1) is 8.16. The minimum Gasteiger partial charge on any atom is -0.471 e. The number of nitro groups is 1. The highest BCUT2D eigenvalue weighted by atomic mass is 79.9. The minimum atomic E-state index is -0.491. The standard InChI is InChI=1S/C10H12BrN3O3/c11-7-4-9(14(15)16)10(13-5-7)17-6-8-2-1-3-12-8/h4-5,8,12H,1-3,6H2. The first-order valence-electron chi connectivity index (χ1n) is 5.33. The van der Waals surface area contributed by atoms with Crippen LogP contribution in [0.1, 0.15) is 12.8 Å². The second-order valence-electron chi connectivity index (χ2n) is 3.84. The van der Waals surface area contributed by atoms with Gasteiger partial charge in [-0.25, -0.2) is 4.98 Å². The maximum absolute atomic E-state index is 10.8. The third-order valence-electron chi connectivity index (χ3n) is 2.58. The summed E-state index contributed by atoms with van der Waals surface area (Å²) in [6.07, 6.45) is 3.64. The van der Waals surface area contributed by atoms with Crippen molar-refractivity contribution >= 4 is 21.6 Å². The van der Waals surface area contributed by atoms with E-state index in [9.17, 15) is 10.1 Å². The Morgan fingerprint density at radius 3 is 3.18 bits per heavy atom. The topological polar surface area (TPSA) is 77.3 Å². The van der Waals surface area contributed by atoms with Crippen LogP contribution in [0, 0.1) is 10.1 Å². The van der Waals surface area contributed by atoms with Crippen LogP contribution < -0.4 is 10.1 Å². The van der Waals surface area contributed by atoms with Gasteiger partial charge in [0.05, 0.1) is 4.92 Å². The molecule has 1 N–H and O–H groups in total. The molecule has 92 valence electrons. The van der Waals surface area contributed by atoms with Gasteiger partial charge in [-0.3, -0.25) is 10.1 Å². The van der Waals surface area contributed by atoms with E-state index in [4.69, 9.17) is 4.74 Å². The highest BCUT2D eigenvalue weighted by Crippen LogP contribution is 2.27. The number of hydrogen-bond acceptors (Lipinski definition) is 5. The summed E-state index contributed by atoms with van der Waals surface area (Å²) in [6, 6.07) is 1.66. The summed E-state index contributed by atoms with van der Waals surface area (Å²) in [6.45, 7) is 1.39. The van der Waals surface area contributed by atoms with Gasteiger partial charge in [0.2, 0.25) is 0 Å². The van der Waals surface area contributed by atoms with E-state index < -0.39 is 4.92 Å². The summed E-state index contributed by atoms with van der Waals surface area (Å²) in [5, 5.41) is 14.1. The minimum absolute atomic E-state index is 0.0758. The molecule has 1 fully saturated rings. The fourth-order valence-corrected chi connectivity index (χ4v) is 2.06. The molecule has 0 spiro atoms. The van der Waals surface area contributed by atoms with Crippen LogP contribution in [0.2, 0.25) is 0 Å². The van der Waals surface area contributed by atoms with Crippen LogP contribution in [0.25, 0.3) is 0 Å². The number of hydrogen-bond donors (Lipinski definition) is 1. The summed E-state index contributed by atoms with van der Waals surface area (Å²) in [5.41, 5.74) is -0.114. The zero-order valence-corrected chi connectivity index (χ0v) is 10.6. The van der Waals surface area contributed by atoms with Gasteiger partial charge in [0.25, 0.3) is 5.88 Å². The summed E-state index contributed by atoms with van der Waals surface area (Å²) in [5.74, 6) is 0.0758. The molecule has 0 amide bonds. The number of halogens is 1. The third-order valence-corrected chi connectivity index (χ3v) is 3.01. The zero-order valence-electron chi connectivity index (χ0n) is 9.06. The van der Waals surface area contributed by atoms with E-state index in [1.807, 2.05) is 0 Å². The average molecular weight is 302 g/mol. The van der Waals surface area contributed by atoms with Gasteiger partial charge in [-0.2, -0.15) is 0 Å². The first-order valence-corrected chi connectivity index (χ1v) is 6.12. The largest absolute Gasteiger partial charge is 0.471 e. The van der Waals surface area contributed by atoms with Crippen LogP contribution in [0.3, 0.4) is 0 Å². The van der Waals surface area contributed by atoms with Crippen molar-refractivity contribution in [3.05, 3.63) is 26.9 Å². The van der Waals surface area contributed by atoms with Crippen LogP contribution in [0.15, 0.2) is 16.7 Å². The summed E-state index contributed by atoms with van der Waals surface area (Å²) in [4.78, 5) is 14.3. The Bertz CT molecular complexity index is 421. The lowest BCUT2D eigenvalue weighted by Gasteiger charge is -2.11. The van der Waals surface area contributed by atoms with Crippen molar-refractivity contribution < 1.29 is 9.66 Å². The number of ether oxygens (including phenoxy) is 1. The lowest BCUT2D eigenvalue weighted by molar-refractivity contribution is -0.386. The lowest BCUT2D eigenvalue weighted by Crippen LogP contribution is -2.28. The molecule has 0 aromatic carbocycles. The zero-order chi connectivity index (χ0) is 12.3. The van der Waals surface area contributed by atoms with Crippen LogP contribution in [0.5, 0.6) is 5.88 Å². The van der Waals surface area contributed by atoms with Gasteiger partial charge < -0.3 is 10.1 Å². The first kappa shape index (κ1) is 12.3. The van der Waals surface area contributed by atoms with Gasteiger partial charge >= 0.3 is 5.69 Å². The molecule has 0 aliphatic carbocycles. The van der Waals surface area contributed by atoms with Crippen molar-refractivity contribution in [3.63, 3.8) is 0 Å². The second-order valence-corrected chi connectivity index (χ2v) is 4.75. The van der Waals surface area contributed by atoms with Crippen molar-refractivity contribution in [1.29, 1.82) is 0 Å². The van der Waals surface area contributed by atoms with Crippen LogP contribution in [-0.4, -0.2) is 29.1 Å². The molecule has 1 saturated heterocycles. The Labute approximate surface area is 107 Å². The molecule has 2 rings (SSSR count). The van der Waals surface area contributed by atoms with E-state index in [0.717, 1.165) is 19.4 Å². The number of nitrogens with zero attached hydrogens (tertiary/aromatic N) is 2. The van der Waals surface area contributed by atoms with E-state index in [0.29, 0.717) is 11.1 Å². The summed E-state index contributed by atoms with van der Waals surface area (Å²) < 4.78 is 5.97. The second kappa shape index (κ2) is 5.42. The van der Waals surface area contributed by atoms with E-state index in [-0.39, 0.29) is 17.6 Å². The van der Waals surface area contributed by atoms with Crippen molar-refractivity contribution in [2.45, 2.75) is 18.9 Å². The van der Waals surface area contributed by atoms with E-state index >= 15 is 0 Å². The lowest BCUT2D eigenvalue weighted by atomic mass is 10.2. The van der Waals surface area contributed by atoms with Gasteiger partial charge in [0.1, 0.15) is 6.61 Å². The maximum Gasteiger partial charge on any atom is 0.332 e. The van der Waals surface area contributed by atoms with Crippen molar-refractivity contribution in [2.75, 3.05) is 13.2 Å². The highest BCUT2D eigenvalue weighted by Gasteiger charge is 2.20. The molecule has 1 unspecified atom stereocenters. The van der Waals surface area contributed by atoms with Crippen LogP contribution >= 0.6 is 15.9 Å². The van der Waals surface area contributed by atoms with Gasteiger partial charge in [-0.15, -0.1) is 0 Å². The molecule has 1 aromatic rings. The van der Waals surface area contributed by atoms with E-state index in [1.54, 1.807) is 0 Å². The summed E-state index contributed by atoms with van der Waals surface area (Å²) in [7, 11) is 0. The Kier molecular flexibility index (Phi) is 3.90. The molecule has 0 bridgehead atoms. The predicted molar refractivity (Wildman–Crippen MR) is 65.1 cm³/mol. The molecule has 17 heavy (non-hydrogen) atoms. The quantitative estimate of drug-likeness (QED) is 0.679. The van der Waals surface area contributed by atoms with Crippen LogP contribution in [0.4, 0.5) is 5.69 Å². The molecule has 7 heteroatoms. The van der Waals surface area contributed by atoms with Gasteiger partial charge in [-0.05, 0) is 35.3 Å². The highest BCUT2D eigenvalue weighted by molar-refractivity contribution is 9.10. The SMILES string of the molecule is O=[N+]([O-])c1cc(Br)cnc1OCC1CCCN1. The predicted octanol–water partition coefficient (Wildman–Crippen LogP) is 1.88. The third kappa shape index (κ3) is 3.13. The molecular formula is C10H12BrN3O3. The molecule has 1 aromatic heterocycles. The van der Waals surface area contributed by atoms with Gasteiger partial charge in [-0.1, -0.05) is 0 Å². The Morgan fingerprint density at radius 2 is 2.53 bits per heavy atom. The average Bonchev–Trinajstić information content (AvgIpc) is 2.80. The molecule has 0 radical (unpaired) electrons. The number of nitrogens with one attached hydrogen (secondary N) is 1. The summed E-state index contributed by atoms with van der Waals surface area (Å²) >= 11 is 3.15. The Morgan fingerprint density at radius 1 is 1.71 bits per heavy atom. The number of pyridine rings is 1. The number of rotatable bonds is 4. The van der Waals surface area contributed by atoms with Crippen molar-refractivity contribution in [2.24, 2.45) is 0 Å². The normalized spacial score (nSPS) is 19.2. The monoisotopic (exact) mass is 301 g/mol.